The molecule has 0 spiro atoms. The first-order valence-electron chi connectivity index (χ1n) is 8.80. The fourth-order valence-corrected chi connectivity index (χ4v) is 5.23. The maximum absolute atomic E-state index is 10.1. The van der Waals surface area contributed by atoms with E-state index in [1.165, 1.54) is 25.6 Å². The maximum atomic E-state index is 10.1. The summed E-state index contributed by atoms with van der Waals surface area (Å²) in [7, 11) is 0. The summed E-state index contributed by atoms with van der Waals surface area (Å²) in [4.78, 5) is 4.60. The predicted octanol–water partition coefficient (Wildman–Crippen LogP) is 6.25. The van der Waals surface area contributed by atoms with Crippen molar-refractivity contribution < 1.29 is 5.11 Å². The molecule has 27 heavy (non-hydrogen) atoms. The molecule has 0 aliphatic carbocycles. The highest BCUT2D eigenvalue weighted by Crippen LogP contribution is 2.42. The molecule has 0 aliphatic rings. The highest BCUT2D eigenvalue weighted by Gasteiger charge is 2.18. The Bertz CT molecular complexity index is 1480. The summed E-state index contributed by atoms with van der Waals surface area (Å²) in [6.07, 6.45) is 1.81. The lowest BCUT2D eigenvalue weighted by Gasteiger charge is -2.07. The van der Waals surface area contributed by atoms with E-state index >= 15 is 0 Å². The third-order valence-corrected chi connectivity index (χ3v) is 6.33. The molecule has 6 aromatic rings. The summed E-state index contributed by atoms with van der Waals surface area (Å²) in [6.45, 7) is 0. The molecule has 128 valence electrons. The Kier molecular flexibility index (Phi) is 2.91. The van der Waals surface area contributed by atoms with Gasteiger partial charge in [-0.2, -0.15) is 0 Å². The number of fused-ring (bicyclic) bond motifs is 7. The normalized spacial score (nSPS) is 11.9. The van der Waals surface area contributed by atoms with Crippen LogP contribution in [0.4, 0.5) is 0 Å². The minimum absolute atomic E-state index is 0.259. The number of pyridine rings is 1. The van der Waals surface area contributed by atoms with Gasteiger partial charge in [0, 0.05) is 38.5 Å². The topological polar surface area (TPSA) is 38.0 Å². The minimum Gasteiger partial charge on any atom is -0.508 e. The van der Waals surface area contributed by atoms with Crippen LogP contribution in [-0.2, 0) is 0 Å². The zero-order chi connectivity index (χ0) is 18.0. The van der Waals surface area contributed by atoms with Crippen LogP contribution in [0.5, 0.6) is 5.75 Å². The van der Waals surface area contributed by atoms with Gasteiger partial charge in [-0.1, -0.05) is 36.4 Å². The molecular weight excluding hydrogens is 352 g/mol. The second-order valence-electron chi connectivity index (χ2n) is 6.66. The monoisotopic (exact) mass is 366 g/mol. The van der Waals surface area contributed by atoms with Crippen molar-refractivity contribution in [3.63, 3.8) is 0 Å². The Morgan fingerprint density at radius 1 is 0.778 bits per heavy atom. The number of aromatic nitrogens is 2. The van der Waals surface area contributed by atoms with E-state index in [1.807, 2.05) is 41.7 Å². The fourth-order valence-electron chi connectivity index (χ4n) is 3.99. The SMILES string of the molecule is Oc1ccc2c3ccc4c5ccccc5sc4c3n(-c3ccccn3)c2c1. The average molecular weight is 366 g/mol. The minimum atomic E-state index is 0.259. The van der Waals surface area contributed by atoms with Gasteiger partial charge in [-0.05, 0) is 30.3 Å². The van der Waals surface area contributed by atoms with E-state index in [2.05, 4.69) is 45.9 Å². The predicted molar refractivity (Wildman–Crippen MR) is 113 cm³/mol. The van der Waals surface area contributed by atoms with Crippen LogP contribution in [-0.4, -0.2) is 14.7 Å². The molecular formula is C23H14N2OS. The highest BCUT2D eigenvalue weighted by atomic mass is 32.1. The van der Waals surface area contributed by atoms with E-state index < -0.39 is 0 Å². The number of nitrogens with zero attached hydrogens (tertiary/aromatic N) is 2. The van der Waals surface area contributed by atoms with Crippen molar-refractivity contribution in [3.05, 3.63) is 79.0 Å². The van der Waals surface area contributed by atoms with E-state index in [9.17, 15) is 5.11 Å². The van der Waals surface area contributed by atoms with Crippen LogP contribution in [0.3, 0.4) is 0 Å². The van der Waals surface area contributed by atoms with Crippen molar-refractivity contribution in [2.45, 2.75) is 0 Å². The second kappa shape index (κ2) is 5.32. The zero-order valence-corrected chi connectivity index (χ0v) is 15.1. The number of phenolic OH excluding ortho intramolecular Hbond substituents is 1. The highest BCUT2D eigenvalue weighted by molar-refractivity contribution is 7.26. The maximum Gasteiger partial charge on any atom is 0.137 e. The molecule has 0 atom stereocenters. The first kappa shape index (κ1) is 14.8. The third kappa shape index (κ3) is 1.99. The van der Waals surface area contributed by atoms with Crippen molar-refractivity contribution in [2.24, 2.45) is 0 Å². The second-order valence-corrected chi connectivity index (χ2v) is 7.71. The molecule has 4 heteroatoms. The van der Waals surface area contributed by atoms with Gasteiger partial charge in [-0.3, -0.25) is 4.57 Å². The Morgan fingerprint density at radius 3 is 2.48 bits per heavy atom. The van der Waals surface area contributed by atoms with Gasteiger partial charge < -0.3 is 5.11 Å². The molecule has 1 N–H and O–H groups in total. The van der Waals surface area contributed by atoms with Crippen molar-refractivity contribution in [1.29, 1.82) is 0 Å². The number of phenols is 1. The van der Waals surface area contributed by atoms with Crippen LogP contribution >= 0.6 is 11.3 Å². The van der Waals surface area contributed by atoms with Crippen LogP contribution in [0.2, 0.25) is 0 Å². The molecule has 0 aliphatic heterocycles. The Balaban J connectivity index is 1.92. The number of hydrogen-bond donors (Lipinski definition) is 1. The van der Waals surface area contributed by atoms with Crippen molar-refractivity contribution in [3.8, 4) is 11.6 Å². The molecule has 0 bridgehead atoms. The van der Waals surface area contributed by atoms with Gasteiger partial charge in [-0.25, -0.2) is 4.98 Å². The molecule has 3 heterocycles. The largest absolute Gasteiger partial charge is 0.508 e. The molecule has 3 nitrogen and oxygen atoms in total. The number of rotatable bonds is 1. The molecule has 3 aromatic carbocycles. The van der Waals surface area contributed by atoms with Crippen molar-refractivity contribution >= 4 is 53.3 Å². The number of aromatic hydroxyl groups is 1. The lowest BCUT2D eigenvalue weighted by Crippen LogP contribution is -1.96. The quantitative estimate of drug-likeness (QED) is 0.373. The van der Waals surface area contributed by atoms with Gasteiger partial charge in [0.1, 0.15) is 11.6 Å². The number of thiophene rings is 1. The smallest absolute Gasteiger partial charge is 0.137 e. The van der Waals surface area contributed by atoms with Gasteiger partial charge >= 0.3 is 0 Å². The fraction of sp³-hybridized carbons (Fsp3) is 0. The van der Waals surface area contributed by atoms with Crippen LogP contribution in [0.25, 0.3) is 47.8 Å². The van der Waals surface area contributed by atoms with Gasteiger partial charge in [0.2, 0.25) is 0 Å². The molecule has 0 saturated carbocycles. The van der Waals surface area contributed by atoms with Gasteiger partial charge in [0.15, 0.2) is 0 Å². The standard InChI is InChI=1S/C23H14N2OS/c26-14-8-9-15-17-10-11-18-16-5-1-2-6-20(16)27-23(18)22(17)25(19(15)13-14)21-7-3-4-12-24-21/h1-13,26H. The van der Waals surface area contributed by atoms with Gasteiger partial charge in [0.25, 0.3) is 0 Å². The van der Waals surface area contributed by atoms with Crippen LogP contribution in [0, 0.1) is 0 Å². The summed E-state index contributed by atoms with van der Waals surface area (Å²) >= 11 is 1.81. The Hall–Kier alpha value is -3.37. The molecule has 0 amide bonds. The summed E-state index contributed by atoms with van der Waals surface area (Å²) < 4.78 is 4.69. The summed E-state index contributed by atoms with van der Waals surface area (Å²) in [5.41, 5.74) is 2.11. The van der Waals surface area contributed by atoms with Crippen LogP contribution < -0.4 is 0 Å². The molecule has 3 aromatic heterocycles. The summed E-state index contributed by atoms with van der Waals surface area (Å²) in [5.74, 6) is 1.11. The van der Waals surface area contributed by atoms with Crippen LogP contribution in [0.15, 0.2) is 79.0 Å². The van der Waals surface area contributed by atoms with Crippen molar-refractivity contribution in [1.82, 2.24) is 9.55 Å². The van der Waals surface area contributed by atoms with Gasteiger partial charge in [-0.15, -0.1) is 11.3 Å². The molecule has 0 unspecified atom stereocenters. The first-order chi connectivity index (χ1) is 13.3. The van der Waals surface area contributed by atoms with E-state index in [1.54, 1.807) is 12.3 Å². The lowest BCUT2D eigenvalue weighted by molar-refractivity contribution is 0.476. The van der Waals surface area contributed by atoms with E-state index in [4.69, 9.17) is 0 Å². The molecule has 0 radical (unpaired) electrons. The lowest BCUT2D eigenvalue weighted by atomic mass is 10.1. The molecule has 0 fully saturated rings. The number of hydrogen-bond acceptors (Lipinski definition) is 3. The summed E-state index contributed by atoms with van der Waals surface area (Å²) in [6, 6.07) is 24.4. The average Bonchev–Trinajstić information content (AvgIpc) is 3.23. The Labute approximate surface area is 158 Å². The molecule has 0 saturated heterocycles. The first-order valence-corrected chi connectivity index (χ1v) is 9.62. The molecule has 6 rings (SSSR count). The van der Waals surface area contributed by atoms with E-state index in [0.29, 0.717) is 0 Å². The Morgan fingerprint density at radius 2 is 1.59 bits per heavy atom. The van der Waals surface area contributed by atoms with E-state index in [0.717, 1.165) is 22.2 Å². The van der Waals surface area contributed by atoms with Gasteiger partial charge in [0.05, 0.1) is 15.7 Å². The van der Waals surface area contributed by atoms with E-state index in [-0.39, 0.29) is 5.75 Å². The third-order valence-electron chi connectivity index (χ3n) is 5.14. The van der Waals surface area contributed by atoms with Crippen LogP contribution in [0.1, 0.15) is 0 Å². The summed E-state index contributed by atoms with van der Waals surface area (Å²) in [5, 5.41) is 15.0. The van der Waals surface area contributed by atoms with Crippen molar-refractivity contribution in [2.75, 3.05) is 0 Å². The number of benzene rings is 3. The zero-order valence-electron chi connectivity index (χ0n) is 14.3.